The number of hydrogen-bond acceptors (Lipinski definition) is 12. The van der Waals surface area contributed by atoms with Gasteiger partial charge in [-0.2, -0.15) is 10.1 Å². The van der Waals surface area contributed by atoms with Gasteiger partial charge in [0, 0.05) is 87.4 Å². The van der Waals surface area contributed by atoms with Gasteiger partial charge < -0.3 is 20.3 Å². The van der Waals surface area contributed by atoms with Crippen LogP contribution in [0.4, 0.5) is 38.9 Å². The van der Waals surface area contributed by atoms with Gasteiger partial charge in [0.15, 0.2) is 0 Å². The zero-order valence-electron chi connectivity index (χ0n) is 25.9. The third-order valence-electron chi connectivity index (χ3n) is 7.62. The van der Waals surface area contributed by atoms with E-state index in [1.165, 1.54) is 12.4 Å². The van der Waals surface area contributed by atoms with E-state index < -0.39 is 10.0 Å². The van der Waals surface area contributed by atoms with Crippen LogP contribution < -0.4 is 25.0 Å². The number of fused-ring (bicyclic) bond motifs is 1. The van der Waals surface area contributed by atoms with Crippen LogP contribution in [-0.2, 0) is 17.1 Å². The van der Waals surface area contributed by atoms with E-state index in [0.29, 0.717) is 45.0 Å². The van der Waals surface area contributed by atoms with Crippen LogP contribution >= 0.6 is 15.9 Å². The van der Waals surface area contributed by atoms with Gasteiger partial charge >= 0.3 is 0 Å². The average Bonchev–Trinajstić information content (AvgIpc) is 3.49. The highest BCUT2D eigenvalue weighted by Gasteiger charge is 2.23. The fraction of sp³-hybridized carbons (Fsp3) is 0.300. The van der Waals surface area contributed by atoms with Crippen molar-refractivity contribution in [3.05, 3.63) is 59.7 Å². The van der Waals surface area contributed by atoms with Crippen molar-refractivity contribution in [2.24, 2.45) is 7.05 Å². The first-order valence-electron chi connectivity index (χ1n) is 14.6. The first-order valence-corrected chi connectivity index (χ1v) is 17.3. The number of halogens is 2. The van der Waals surface area contributed by atoms with Crippen molar-refractivity contribution >= 4 is 71.5 Å². The number of piperazine rings is 1. The lowest BCUT2D eigenvalue weighted by Crippen LogP contribution is -2.47. The third-order valence-corrected chi connectivity index (χ3v) is 8.77. The van der Waals surface area contributed by atoms with Crippen molar-refractivity contribution in [3.63, 3.8) is 0 Å². The Labute approximate surface area is 279 Å². The topological polar surface area (TPSA) is 155 Å². The third kappa shape index (κ3) is 7.36. The molecule has 0 saturated carbocycles. The second-order valence-corrected chi connectivity index (χ2v) is 13.5. The van der Waals surface area contributed by atoms with Gasteiger partial charge in [0.2, 0.25) is 16.0 Å². The molecule has 0 spiro atoms. The highest BCUT2D eigenvalue weighted by atomic mass is 79.9. The highest BCUT2D eigenvalue weighted by Crippen LogP contribution is 2.41. The van der Waals surface area contributed by atoms with Crippen LogP contribution in [0.25, 0.3) is 22.2 Å². The monoisotopic (exact) mass is 725 g/mol. The van der Waals surface area contributed by atoms with Gasteiger partial charge in [-0.3, -0.25) is 24.3 Å². The summed E-state index contributed by atoms with van der Waals surface area (Å²) in [5, 5.41) is 10.9. The molecule has 0 aliphatic carbocycles. The van der Waals surface area contributed by atoms with Crippen LogP contribution in [0.3, 0.4) is 0 Å². The molecule has 246 valence electrons. The minimum Gasteiger partial charge on any atom is -0.494 e. The Balaban J connectivity index is 1.34. The maximum atomic E-state index is 13.0. The molecule has 47 heavy (non-hydrogen) atoms. The van der Waals surface area contributed by atoms with Crippen LogP contribution in [0.2, 0.25) is 0 Å². The van der Waals surface area contributed by atoms with Gasteiger partial charge in [-0.1, -0.05) is 0 Å². The number of benzene rings is 2. The van der Waals surface area contributed by atoms with E-state index in [-0.39, 0.29) is 18.3 Å². The SMILES string of the molecule is COc1cc(N2CCN(CCF)CC2)c(-c2cnn(C)c2)cc1Nc1ncc(Br)c(Nc2ccc3nccnc3c2NS(C)(=O)=O)n1. The molecule has 0 radical (unpaired) electrons. The smallest absolute Gasteiger partial charge is 0.229 e. The van der Waals surface area contributed by atoms with Crippen LogP contribution in [0, 0.1) is 0 Å². The molecule has 6 rings (SSSR count). The zero-order valence-corrected chi connectivity index (χ0v) is 28.3. The zero-order chi connectivity index (χ0) is 33.1. The molecule has 1 fully saturated rings. The number of aryl methyl sites for hydroxylation is 1. The van der Waals surface area contributed by atoms with Gasteiger partial charge in [0.1, 0.15) is 23.8 Å². The Morgan fingerprint density at radius 3 is 2.51 bits per heavy atom. The minimum absolute atomic E-state index is 0.238. The molecule has 3 aromatic heterocycles. The molecule has 0 amide bonds. The summed E-state index contributed by atoms with van der Waals surface area (Å²) in [5.74, 6) is 1.21. The molecule has 5 aromatic rings. The summed E-state index contributed by atoms with van der Waals surface area (Å²) in [6, 6.07) is 7.39. The van der Waals surface area contributed by atoms with E-state index in [4.69, 9.17) is 4.74 Å². The first-order chi connectivity index (χ1) is 22.6. The lowest BCUT2D eigenvalue weighted by molar-refractivity contribution is 0.235. The van der Waals surface area contributed by atoms with Crippen molar-refractivity contribution in [2.75, 3.05) is 73.0 Å². The molecule has 1 saturated heterocycles. The fourth-order valence-corrected chi connectivity index (χ4v) is 6.28. The largest absolute Gasteiger partial charge is 0.494 e. The molecule has 4 heterocycles. The van der Waals surface area contributed by atoms with Gasteiger partial charge in [-0.05, 0) is 34.1 Å². The number of sulfonamides is 1. The van der Waals surface area contributed by atoms with Gasteiger partial charge in [0.25, 0.3) is 0 Å². The van der Waals surface area contributed by atoms with Crippen molar-refractivity contribution < 1.29 is 17.5 Å². The Kier molecular flexibility index (Phi) is 9.38. The Morgan fingerprint density at radius 1 is 1.02 bits per heavy atom. The molecular formula is C30H33BrFN11O3S. The van der Waals surface area contributed by atoms with E-state index >= 15 is 0 Å². The number of rotatable bonds is 11. The standard InChI is InChI=1S/C30H33BrFN11O3S/c1-41-18-19(16-36-41)20-14-24(26(46-2)15-25(20)43-12-10-42(9-6-32)11-13-43)38-30-35-17-21(31)29(39-30)37-23-5-4-22-27(34-8-7-33-22)28(23)40-47(3,44)45/h4-5,7-8,14-18,40H,6,9-13H2,1-3H3,(H2,35,37,38,39). The molecule has 17 heteroatoms. The van der Waals surface area contributed by atoms with Gasteiger partial charge in [-0.15, -0.1) is 0 Å². The van der Waals surface area contributed by atoms with E-state index in [1.807, 2.05) is 31.6 Å². The van der Waals surface area contributed by atoms with Crippen molar-refractivity contribution in [2.45, 2.75) is 0 Å². The Bertz CT molecular complexity index is 2020. The molecular weight excluding hydrogens is 693 g/mol. The predicted molar refractivity (Wildman–Crippen MR) is 184 cm³/mol. The first kappa shape index (κ1) is 32.3. The molecule has 0 atom stereocenters. The number of nitrogens with zero attached hydrogens (tertiary/aromatic N) is 8. The Hall–Kier alpha value is -4.61. The van der Waals surface area contributed by atoms with Crippen molar-refractivity contribution in [3.8, 4) is 16.9 Å². The fourth-order valence-electron chi connectivity index (χ4n) is 5.41. The van der Waals surface area contributed by atoms with E-state index in [0.717, 1.165) is 49.2 Å². The quantitative estimate of drug-likeness (QED) is 0.175. The molecule has 0 bridgehead atoms. The number of hydrogen-bond donors (Lipinski definition) is 3. The summed E-state index contributed by atoms with van der Waals surface area (Å²) >= 11 is 3.50. The predicted octanol–water partition coefficient (Wildman–Crippen LogP) is 4.54. The van der Waals surface area contributed by atoms with Crippen molar-refractivity contribution in [1.29, 1.82) is 0 Å². The number of nitrogens with one attached hydrogen (secondary N) is 3. The lowest BCUT2D eigenvalue weighted by atomic mass is 10.0. The van der Waals surface area contributed by atoms with Crippen LogP contribution in [-0.4, -0.2) is 95.8 Å². The van der Waals surface area contributed by atoms with Crippen LogP contribution in [0.1, 0.15) is 0 Å². The lowest BCUT2D eigenvalue weighted by Gasteiger charge is -2.37. The summed E-state index contributed by atoms with van der Waals surface area (Å²) in [4.78, 5) is 22.2. The normalized spacial score (nSPS) is 13.9. The van der Waals surface area contributed by atoms with Crippen LogP contribution in [0.15, 0.2) is 59.7 Å². The van der Waals surface area contributed by atoms with Gasteiger partial charge in [0.05, 0.1) is 46.6 Å². The average molecular weight is 727 g/mol. The molecule has 14 nitrogen and oxygen atoms in total. The summed E-state index contributed by atoms with van der Waals surface area (Å²) in [6.07, 6.45) is 9.44. The number of anilines is 6. The second kappa shape index (κ2) is 13.6. The van der Waals surface area contributed by atoms with Gasteiger partial charge in [-0.25, -0.2) is 17.8 Å². The van der Waals surface area contributed by atoms with E-state index in [2.05, 4.69) is 66.1 Å². The second-order valence-electron chi connectivity index (χ2n) is 10.9. The molecule has 2 aromatic carbocycles. The van der Waals surface area contributed by atoms with E-state index in [9.17, 15) is 12.8 Å². The van der Waals surface area contributed by atoms with E-state index in [1.54, 1.807) is 30.1 Å². The number of alkyl halides is 1. The molecule has 1 aliphatic heterocycles. The summed E-state index contributed by atoms with van der Waals surface area (Å²) in [5.41, 5.74) is 5.01. The highest BCUT2D eigenvalue weighted by molar-refractivity contribution is 9.10. The maximum Gasteiger partial charge on any atom is 0.229 e. The number of ether oxygens (including phenoxy) is 1. The van der Waals surface area contributed by atoms with Crippen LogP contribution in [0.5, 0.6) is 5.75 Å². The number of aromatic nitrogens is 6. The van der Waals surface area contributed by atoms with Crippen molar-refractivity contribution in [1.82, 2.24) is 34.6 Å². The molecule has 0 unspecified atom stereocenters. The minimum atomic E-state index is -3.65. The maximum absolute atomic E-state index is 13.0. The summed E-state index contributed by atoms with van der Waals surface area (Å²) < 4.78 is 48.2. The number of methoxy groups -OCH3 is 1. The molecule has 3 N–H and O–H groups in total. The summed E-state index contributed by atoms with van der Waals surface area (Å²) in [6.45, 7) is 3.07. The Morgan fingerprint density at radius 2 is 1.81 bits per heavy atom. The summed E-state index contributed by atoms with van der Waals surface area (Å²) in [7, 11) is -0.184. The molecule has 1 aliphatic rings.